The maximum atomic E-state index is 13.6. The first-order chi connectivity index (χ1) is 10.8. The van der Waals surface area contributed by atoms with E-state index in [4.69, 9.17) is 23.2 Å². The molecule has 9 heteroatoms. The van der Waals surface area contributed by atoms with Crippen LogP contribution >= 0.6 is 39.1 Å². The van der Waals surface area contributed by atoms with Crippen LogP contribution in [0, 0.1) is 11.6 Å². The van der Waals surface area contributed by atoms with Crippen molar-refractivity contribution in [1.29, 1.82) is 0 Å². The van der Waals surface area contributed by atoms with Crippen LogP contribution in [0.3, 0.4) is 0 Å². The second kappa shape index (κ2) is 7.25. The van der Waals surface area contributed by atoms with E-state index in [1.807, 2.05) is 10.6 Å². The highest BCUT2D eigenvalue weighted by Gasteiger charge is 2.18. The Balaban J connectivity index is 2.14. The number of halogens is 5. The molecule has 0 fully saturated rings. The topological polar surface area (TPSA) is 58.2 Å². The van der Waals surface area contributed by atoms with Crippen LogP contribution in [0.1, 0.15) is 10.4 Å². The number of hydrogen-bond acceptors (Lipinski definition) is 2. The van der Waals surface area contributed by atoms with Crippen molar-refractivity contribution in [3.8, 4) is 0 Å². The standard InChI is InChI=1S/C14H7BrCl2F2N2O2/c15-6-4-10(19)11(5-9(6)18)20-14(23)21-13(22)12-7(16)2-1-3-8(12)17/h1-5H,(H2,20,21,22,23). The molecule has 2 aromatic rings. The average molecular weight is 424 g/mol. The van der Waals surface area contributed by atoms with Crippen LogP contribution in [-0.2, 0) is 0 Å². The molecule has 2 aromatic carbocycles. The molecule has 0 aliphatic heterocycles. The summed E-state index contributed by atoms with van der Waals surface area (Å²) in [4.78, 5) is 23.7. The lowest BCUT2D eigenvalue weighted by Crippen LogP contribution is -2.35. The number of urea groups is 1. The molecule has 0 saturated carbocycles. The molecule has 0 atom stereocenters. The molecule has 0 bridgehead atoms. The van der Waals surface area contributed by atoms with Crippen LogP contribution in [0.4, 0.5) is 19.3 Å². The van der Waals surface area contributed by atoms with Crippen molar-refractivity contribution >= 4 is 56.8 Å². The molecule has 3 amide bonds. The van der Waals surface area contributed by atoms with Crippen molar-refractivity contribution in [1.82, 2.24) is 5.32 Å². The molecule has 2 rings (SSSR count). The van der Waals surface area contributed by atoms with Gasteiger partial charge in [-0.25, -0.2) is 13.6 Å². The molecule has 0 radical (unpaired) electrons. The number of imide groups is 1. The Bertz CT molecular complexity index is 782. The third-order valence-electron chi connectivity index (χ3n) is 2.68. The van der Waals surface area contributed by atoms with Gasteiger partial charge in [0.15, 0.2) is 0 Å². The van der Waals surface area contributed by atoms with E-state index >= 15 is 0 Å². The average Bonchev–Trinajstić information content (AvgIpc) is 2.44. The maximum Gasteiger partial charge on any atom is 0.326 e. The summed E-state index contributed by atoms with van der Waals surface area (Å²) in [6.45, 7) is 0. The minimum Gasteiger partial charge on any atom is -0.305 e. The van der Waals surface area contributed by atoms with Crippen molar-refractivity contribution in [2.45, 2.75) is 0 Å². The fraction of sp³-hybridized carbons (Fsp3) is 0. The molecule has 23 heavy (non-hydrogen) atoms. The molecule has 0 unspecified atom stereocenters. The zero-order valence-corrected chi connectivity index (χ0v) is 14.2. The summed E-state index contributed by atoms with van der Waals surface area (Å²) in [7, 11) is 0. The first-order valence-electron chi connectivity index (χ1n) is 6.00. The summed E-state index contributed by atoms with van der Waals surface area (Å²) >= 11 is 14.5. The van der Waals surface area contributed by atoms with Crippen molar-refractivity contribution in [3.63, 3.8) is 0 Å². The van der Waals surface area contributed by atoms with E-state index in [0.717, 1.165) is 12.1 Å². The van der Waals surface area contributed by atoms with Gasteiger partial charge >= 0.3 is 6.03 Å². The van der Waals surface area contributed by atoms with Crippen LogP contribution in [-0.4, -0.2) is 11.9 Å². The van der Waals surface area contributed by atoms with Gasteiger partial charge in [-0.05, 0) is 34.1 Å². The van der Waals surface area contributed by atoms with Crippen LogP contribution < -0.4 is 10.6 Å². The zero-order valence-electron chi connectivity index (χ0n) is 11.1. The number of amides is 3. The second-order valence-electron chi connectivity index (χ2n) is 4.25. The fourth-order valence-electron chi connectivity index (χ4n) is 1.65. The largest absolute Gasteiger partial charge is 0.326 e. The summed E-state index contributed by atoms with van der Waals surface area (Å²) < 4.78 is 26.9. The van der Waals surface area contributed by atoms with E-state index in [0.29, 0.717) is 0 Å². The Morgan fingerprint density at radius 2 is 1.65 bits per heavy atom. The highest BCUT2D eigenvalue weighted by atomic mass is 79.9. The number of carbonyl (C=O) groups is 2. The van der Waals surface area contributed by atoms with Gasteiger partial charge in [-0.15, -0.1) is 0 Å². The minimum atomic E-state index is -1.06. The van der Waals surface area contributed by atoms with Gasteiger partial charge < -0.3 is 5.32 Å². The normalized spacial score (nSPS) is 10.3. The highest BCUT2D eigenvalue weighted by molar-refractivity contribution is 9.10. The number of rotatable bonds is 2. The van der Waals surface area contributed by atoms with Crippen LogP contribution in [0.15, 0.2) is 34.8 Å². The lowest BCUT2D eigenvalue weighted by molar-refractivity contribution is 0.0967. The summed E-state index contributed by atoms with van der Waals surface area (Å²) in [5, 5.41) is 4.04. The lowest BCUT2D eigenvalue weighted by Gasteiger charge is -2.10. The monoisotopic (exact) mass is 422 g/mol. The molecule has 0 aliphatic carbocycles. The third kappa shape index (κ3) is 4.19. The van der Waals surface area contributed by atoms with Gasteiger partial charge in [0, 0.05) is 6.07 Å². The van der Waals surface area contributed by atoms with Gasteiger partial charge in [-0.1, -0.05) is 29.3 Å². The number of carbonyl (C=O) groups excluding carboxylic acids is 2. The number of hydrogen-bond donors (Lipinski definition) is 2. The van der Waals surface area contributed by atoms with Gasteiger partial charge in [0.05, 0.1) is 25.8 Å². The van der Waals surface area contributed by atoms with Gasteiger partial charge in [0.25, 0.3) is 5.91 Å². The molecule has 0 saturated heterocycles. The molecule has 0 aliphatic rings. The molecular formula is C14H7BrCl2F2N2O2. The maximum absolute atomic E-state index is 13.6. The Morgan fingerprint density at radius 1 is 1.04 bits per heavy atom. The second-order valence-corrected chi connectivity index (χ2v) is 5.92. The first kappa shape index (κ1) is 17.7. The number of benzene rings is 2. The summed E-state index contributed by atoms with van der Waals surface area (Å²) in [5.41, 5.74) is -0.533. The van der Waals surface area contributed by atoms with Crippen molar-refractivity contribution < 1.29 is 18.4 Å². The van der Waals surface area contributed by atoms with E-state index in [-0.39, 0.29) is 20.1 Å². The Kier molecular flexibility index (Phi) is 5.56. The molecule has 4 nitrogen and oxygen atoms in total. The van der Waals surface area contributed by atoms with Crippen LogP contribution in [0.5, 0.6) is 0 Å². The van der Waals surface area contributed by atoms with E-state index in [1.54, 1.807) is 0 Å². The van der Waals surface area contributed by atoms with Crippen molar-refractivity contribution in [2.75, 3.05) is 5.32 Å². The van der Waals surface area contributed by atoms with Gasteiger partial charge in [-0.2, -0.15) is 0 Å². The molecule has 2 N–H and O–H groups in total. The summed E-state index contributed by atoms with van der Waals surface area (Å²) in [6.07, 6.45) is 0. The fourth-order valence-corrected chi connectivity index (χ4v) is 2.54. The molecule has 0 aromatic heterocycles. The zero-order chi connectivity index (χ0) is 17.1. The summed E-state index contributed by atoms with van der Waals surface area (Å²) in [6, 6.07) is 4.92. The molecule has 120 valence electrons. The Labute approximate surface area is 147 Å². The predicted octanol–water partition coefficient (Wildman–Crippen LogP) is 5.00. The quantitative estimate of drug-likeness (QED) is 0.668. The van der Waals surface area contributed by atoms with Crippen molar-refractivity contribution in [2.24, 2.45) is 0 Å². The molecule has 0 heterocycles. The van der Waals surface area contributed by atoms with Crippen molar-refractivity contribution in [3.05, 3.63) is 62.0 Å². The SMILES string of the molecule is O=C(NC(=O)c1c(Cl)cccc1Cl)Nc1cc(F)c(Br)cc1F. The van der Waals surface area contributed by atoms with E-state index < -0.39 is 29.3 Å². The van der Waals surface area contributed by atoms with E-state index in [1.165, 1.54) is 18.2 Å². The van der Waals surface area contributed by atoms with E-state index in [2.05, 4.69) is 15.9 Å². The van der Waals surface area contributed by atoms with Crippen LogP contribution in [0.25, 0.3) is 0 Å². The number of nitrogens with one attached hydrogen (secondary N) is 2. The Morgan fingerprint density at radius 3 is 2.26 bits per heavy atom. The first-order valence-corrected chi connectivity index (χ1v) is 7.55. The van der Waals surface area contributed by atoms with Gasteiger partial charge in [0.2, 0.25) is 0 Å². The molecular weight excluding hydrogens is 417 g/mol. The van der Waals surface area contributed by atoms with Gasteiger partial charge in [-0.3, -0.25) is 10.1 Å². The summed E-state index contributed by atoms with van der Waals surface area (Å²) in [5.74, 6) is -2.53. The predicted molar refractivity (Wildman–Crippen MR) is 87.0 cm³/mol. The third-order valence-corrected chi connectivity index (χ3v) is 3.91. The van der Waals surface area contributed by atoms with Crippen LogP contribution in [0.2, 0.25) is 10.0 Å². The lowest BCUT2D eigenvalue weighted by atomic mass is 10.2. The van der Waals surface area contributed by atoms with E-state index in [9.17, 15) is 18.4 Å². The number of anilines is 1. The Hall–Kier alpha value is -1.70. The van der Waals surface area contributed by atoms with Gasteiger partial charge in [0.1, 0.15) is 11.6 Å². The smallest absolute Gasteiger partial charge is 0.305 e. The minimum absolute atomic E-state index is 0.0451. The molecule has 0 spiro atoms. The highest BCUT2D eigenvalue weighted by Crippen LogP contribution is 2.25.